The van der Waals surface area contributed by atoms with Crippen LogP contribution in [0, 0.1) is 0 Å². The largest absolute Gasteiger partial charge is 0.491 e. The van der Waals surface area contributed by atoms with Crippen LogP contribution in [0.4, 0.5) is 0 Å². The minimum atomic E-state index is -0.122. The number of rotatable bonds is 1. The molecule has 20 heavy (non-hydrogen) atoms. The van der Waals surface area contributed by atoms with Crippen LogP contribution in [0.1, 0.15) is 15.9 Å². The molecule has 1 aromatic heterocycles. The molecule has 1 aromatic carbocycles. The van der Waals surface area contributed by atoms with Crippen LogP contribution in [-0.4, -0.2) is 28.9 Å². The number of para-hydroxylation sites is 1. The Morgan fingerprint density at radius 3 is 2.95 bits per heavy atom. The monoisotopic (exact) mass is 288 g/mol. The van der Waals surface area contributed by atoms with Gasteiger partial charge in [-0.2, -0.15) is 0 Å². The van der Waals surface area contributed by atoms with Gasteiger partial charge in [-0.25, -0.2) is 4.98 Å². The zero-order valence-electron chi connectivity index (χ0n) is 10.8. The molecule has 0 N–H and O–H groups in total. The fraction of sp³-hybridized carbons (Fsp3) is 0.200. The molecule has 0 spiro atoms. The zero-order valence-corrected chi connectivity index (χ0v) is 11.5. The summed E-state index contributed by atoms with van der Waals surface area (Å²) in [5, 5.41) is 0.232. The number of pyridine rings is 1. The van der Waals surface area contributed by atoms with Gasteiger partial charge in [0.05, 0.1) is 12.1 Å². The molecule has 102 valence electrons. The molecule has 5 heteroatoms. The Balaban J connectivity index is 1.88. The average molecular weight is 289 g/mol. The first-order valence-corrected chi connectivity index (χ1v) is 6.74. The highest BCUT2D eigenvalue weighted by Gasteiger charge is 2.22. The van der Waals surface area contributed by atoms with Gasteiger partial charge in [0, 0.05) is 18.3 Å². The highest BCUT2D eigenvalue weighted by molar-refractivity contribution is 6.32. The number of hydrogen-bond donors (Lipinski definition) is 0. The van der Waals surface area contributed by atoms with Crippen molar-refractivity contribution in [1.29, 1.82) is 0 Å². The summed E-state index contributed by atoms with van der Waals surface area (Å²) in [6.07, 6.45) is 1.57. The molecule has 2 aromatic rings. The van der Waals surface area contributed by atoms with E-state index in [0.717, 1.165) is 11.3 Å². The highest BCUT2D eigenvalue weighted by Crippen LogP contribution is 2.24. The molecule has 0 radical (unpaired) electrons. The minimum Gasteiger partial charge on any atom is -0.491 e. The van der Waals surface area contributed by atoms with Crippen molar-refractivity contribution >= 4 is 17.5 Å². The Kier molecular flexibility index (Phi) is 3.56. The third-order valence-electron chi connectivity index (χ3n) is 3.23. The Morgan fingerprint density at radius 1 is 1.25 bits per heavy atom. The first-order chi connectivity index (χ1) is 9.75. The van der Waals surface area contributed by atoms with E-state index in [9.17, 15) is 4.79 Å². The maximum Gasteiger partial charge on any atom is 0.257 e. The van der Waals surface area contributed by atoms with Crippen LogP contribution >= 0.6 is 11.6 Å². The van der Waals surface area contributed by atoms with Crippen molar-refractivity contribution in [2.45, 2.75) is 6.54 Å². The summed E-state index contributed by atoms with van der Waals surface area (Å²) in [6, 6.07) is 11.1. The second-order valence-corrected chi connectivity index (χ2v) is 4.88. The van der Waals surface area contributed by atoms with E-state index in [1.165, 1.54) is 0 Å². The summed E-state index contributed by atoms with van der Waals surface area (Å²) in [6.45, 7) is 1.51. The number of nitrogens with zero attached hydrogens (tertiary/aromatic N) is 2. The lowest BCUT2D eigenvalue weighted by molar-refractivity contribution is 0.0733. The second-order valence-electron chi connectivity index (χ2n) is 4.52. The van der Waals surface area contributed by atoms with Gasteiger partial charge in [0.2, 0.25) is 0 Å². The average Bonchev–Trinajstić information content (AvgIpc) is 2.69. The fourth-order valence-corrected chi connectivity index (χ4v) is 2.42. The van der Waals surface area contributed by atoms with Gasteiger partial charge in [-0.05, 0) is 18.2 Å². The number of halogens is 1. The molecule has 0 fully saturated rings. The summed E-state index contributed by atoms with van der Waals surface area (Å²) < 4.78 is 5.65. The molecule has 0 saturated carbocycles. The van der Waals surface area contributed by atoms with Crippen molar-refractivity contribution in [3.8, 4) is 5.75 Å². The molecule has 1 aliphatic rings. The third kappa shape index (κ3) is 2.47. The van der Waals surface area contributed by atoms with E-state index in [2.05, 4.69) is 4.98 Å². The standard InChI is InChI=1S/C15H13ClN2O2/c16-14-12(5-3-7-17-14)15(19)18-8-9-20-13-6-2-1-4-11(13)10-18/h1-7H,8-10H2. The number of carbonyl (C=O) groups excluding carboxylic acids is 1. The van der Waals surface area contributed by atoms with Crippen LogP contribution in [-0.2, 0) is 6.54 Å². The van der Waals surface area contributed by atoms with Crippen molar-refractivity contribution in [3.63, 3.8) is 0 Å². The minimum absolute atomic E-state index is 0.122. The van der Waals surface area contributed by atoms with Crippen molar-refractivity contribution in [2.24, 2.45) is 0 Å². The van der Waals surface area contributed by atoms with Crippen LogP contribution in [0.2, 0.25) is 5.15 Å². The topological polar surface area (TPSA) is 42.4 Å². The number of carbonyl (C=O) groups is 1. The second kappa shape index (κ2) is 5.51. The predicted molar refractivity (Wildman–Crippen MR) is 75.9 cm³/mol. The molecule has 1 amide bonds. The van der Waals surface area contributed by atoms with Gasteiger partial charge in [-0.3, -0.25) is 4.79 Å². The van der Waals surface area contributed by atoms with Gasteiger partial charge in [-0.1, -0.05) is 29.8 Å². The summed E-state index contributed by atoms with van der Waals surface area (Å²) in [5.74, 6) is 0.712. The molecule has 0 saturated heterocycles. The van der Waals surface area contributed by atoms with E-state index >= 15 is 0 Å². The number of ether oxygens (including phenoxy) is 1. The summed E-state index contributed by atoms with van der Waals surface area (Å²) in [7, 11) is 0. The summed E-state index contributed by atoms with van der Waals surface area (Å²) in [5.41, 5.74) is 1.42. The van der Waals surface area contributed by atoms with Gasteiger partial charge in [0.25, 0.3) is 5.91 Å². The Hall–Kier alpha value is -2.07. The molecule has 1 aliphatic heterocycles. The van der Waals surface area contributed by atoms with Crippen LogP contribution in [0.25, 0.3) is 0 Å². The van der Waals surface area contributed by atoms with Crippen LogP contribution in [0.5, 0.6) is 5.75 Å². The third-order valence-corrected chi connectivity index (χ3v) is 3.53. The first-order valence-electron chi connectivity index (χ1n) is 6.36. The number of fused-ring (bicyclic) bond motifs is 1. The number of amides is 1. The smallest absolute Gasteiger partial charge is 0.257 e. The number of aromatic nitrogens is 1. The Morgan fingerprint density at radius 2 is 2.10 bits per heavy atom. The molecule has 0 atom stereocenters. The van der Waals surface area contributed by atoms with Crippen LogP contribution in [0.3, 0.4) is 0 Å². The van der Waals surface area contributed by atoms with Gasteiger partial charge >= 0.3 is 0 Å². The van der Waals surface area contributed by atoms with Gasteiger partial charge < -0.3 is 9.64 Å². The molecule has 2 heterocycles. The normalized spacial score (nSPS) is 14.2. The van der Waals surface area contributed by atoms with E-state index in [1.807, 2.05) is 24.3 Å². The van der Waals surface area contributed by atoms with E-state index < -0.39 is 0 Å². The van der Waals surface area contributed by atoms with Crippen molar-refractivity contribution in [2.75, 3.05) is 13.2 Å². The van der Waals surface area contributed by atoms with Gasteiger partial charge in [0.1, 0.15) is 17.5 Å². The molecular weight excluding hydrogens is 276 g/mol. The van der Waals surface area contributed by atoms with Crippen LogP contribution in [0.15, 0.2) is 42.6 Å². The van der Waals surface area contributed by atoms with Crippen LogP contribution < -0.4 is 4.74 Å². The van der Waals surface area contributed by atoms with E-state index in [0.29, 0.717) is 25.3 Å². The molecule has 0 unspecified atom stereocenters. The maximum absolute atomic E-state index is 12.5. The maximum atomic E-state index is 12.5. The van der Waals surface area contributed by atoms with Crippen molar-refractivity contribution in [3.05, 3.63) is 58.9 Å². The zero-order chi connectivity index (χ0) is 13.9. The highest BCUT2D eigenvalue weighted by atomic mass is 35.5. The summed E-state index contributed by atoms with van der Waals surface area (Å²) >= 11 is 5.99. The molecule has 4 nitrogen and oxygen atoms in total. The lowest BCUT2D eigenvalue weighted by Gasteiger charge is -2.20. The lowest BCUT2D eigenvalue weighted by Crippen LogP contribution is -2.32. The van der Waals surface area contributed by atoms with Crippen molar-refractivity contribution in [1.82, 2.24) is 9.88 Å². The van der Waals surface area contributed by atoms with E-state index in [4.69, 9.17) is 16.3 Å². The SMILES string of the molecule is O=C(c1cccnc1Cl)N1CCOc2ccccc2C1. The number of benzene rings is 1. The van der Waals surface area contributed by atoms with Crippen molar-refractivity contribution < 1.29 is 9.53 Å². The Bertz CT molecular complexity index is 645. The summed E-state index contributed by atoms with van der Waals surface area (Å²) in [4.78, 5) is 18.2. The first kappa shape index (κ1) is 12.9. The fourth-order valence-electron chi connectivity index (χ4n) is 2.21. The molecule has 3 rings (SSSR count). The quantitative estimate of drug-likeness (QED) is 0.758. The molecular formula is C15H13ClN2O2. The number of hydrogen-bond acceptors (Lipinski definition) is 3. The molecule has 0 bridgehead atoms. The predicted octanol–water partition coefficient (Wildman–Crippen LogP) is 2.77. The lowest BCUT2D eigenvalue weighted by atomic mass is 10.1. The Labute approximate surface area is 122 Å². The van der Waals surface area contributed by atoms with Gasteiger partial charge in [-0.15, -0.1) is 0 Å². The molecule has 0 aliphatic carbocycles. The van der Waals surface area contributed by atoms with Gasteiger partial charge in [0.15, 0.2) is 0 Å². The van der Waals surface area contributed by atoms with E-state index in [-0.39, 0.29) is 11.1 Å². The van der Waals surface area contributed by atoms with E-state index in [1.54, 1.807) is 23.2 Å².